The minimum absolute atomic E-state index is 0.169. The van der Waals surface area contributed by atoms with Gasteiger partial charge in [-0.1, -0.05) is 6.07 Å². The van der Waals surface area contributed by atoms with Crippen molar-refractivity contribution in [3.05, 3.63) is 50.9 Å². The Morgan fingerprint density at radius 1 is 1.17 bits per heavy atom. The third kappa shape index (κ3) is 4.36. The maximum atomic E-state index is 12.1. The van der Waals surface area contributed by atoms with Crippen LogP contribution in [0.4, 0.5) is 11.1 Å². The fourth-order valence-electron chi connectivity index (χ4n) is 2.16. The summed E-state index contributed by atoms with van der Waals surface area (Å²) < 4.78 is 0. The molecule has 2 N–H and O–H groups in total. The molecule has 0 aliphatic rings. The predicted octanol–water partition coefficient (Wildman–Crippen LogP) is 3.33. The van der Waals surface area contributed by atoms with Crippen molar-refractivity contribution in [3.63, 3.8) is 0 Å². The van der Waals surface area contributed by atoms with Crippen LogP contribution >= 0.6 is 22.7 Å². The highest BCUT2D eigenvalue weighted by Gasteiger charge is 2.11. The second-order valence-corrected chi connectivity index (χ2v) is 7.11. The van der Waals surface area contributed by atoms with Crippen molar-refractivity contribution in [3.8, 4) is 0 Å². The van der Waals surface area contributed by atoms with Crippen LogP contribution in [0.1, 0.15) is 26.8 Å². The number of amides is 1. The number of aryl methyl sites for hydroxylation is 2. The van der Waals surface area contributed by atoms with Crippen LogP contribution in [-0.4, -0.2) is 27.4 Å². The van der Waals surface area contributed by atoms with Gasteiger partial charge in [0, 0.05) is 28.2 Å². The summed E-state index contributed by atoms with van der Waals surface area (Å²) in [6.07, 6.45) is 0.828. The summed E-state index contributed by atoms with van der Waals surface area (Å²) in [6.45, 7) is 4.42. The fourth-order valence-corrected chi connectivity index (χ4v) is 3.55. The van der Waals surface area contributed by atoms with Gasteiger partial charge in [0.1, 0.15) is 5.69 Å². The summed E-state index contributed by atoms with van der Waals surface area (Å²) in [7, 11) is 0. The molecule has 0 fully saturated rings. The molecule has 0 aromatic carbocycles. The molecule has 0 radical (unpaired) electrons. The van der Waals surface area contributed by atoms with Gasteiger partial charge in [0.15, 0.2) is 5.13 Å². The van der Waals surface area contributed by atoms with Crippen molar-refractivity contribution >= 4 is 39.7 Å². The summed E-state index contributed by atoms with van der Waals surface area (Å²) in [5.74, 6) is 0.323. The van der Waals surface area contributed by atoms with Crippen molar-refractivity contribution in [1.82, 2.24) is 20.3 Å². The molecule has 0 saturated carbocycles. The smallest absolute Gasteiger partial charge is 0.270 e. The van der Waals surface area contributed by atoms with E-state index in [0.717, 1.165) is 17.8 Å². The lowest BCUT2D eigenvalue weighted by atomic mass is 10.3. The Bertz CT molecular complexity index is 809. The van der Waals surface area contributed by atoms with E-state index in [-0.39, 0.29) is 5.91 Å². The summed E-state index contributed by atoms with van der Waals surface area (Å²) >= 11 is 3.04. The number of thiophene rings is 1. The van der Waals surface area contributed by atoms with Crippen molar-refractivity contribution < 1.29 is 4.79 Å². The number of aromatic nitrogens is 3. The van der Waals surface area contributed by atoms with E-state index in [1.54, 1.807) is 16.7 Å². The second-order valence-electron chi connectivity index (χ2n) is 5.22. The number of thiazole rings is 1. The monoisotopic (exact) mass is 359 g/mol. The van der Waals surface area contributed by atoms with Crippen molar-refractivity contribution in [2.75, 3.05) is 11.9 Å². The first-order valence-electron chi connectivity index (χ1n) is 7.45. The zero-order valence-electron chi connectivity index (χ0n) is 13.4. The van der Waals surface area contributed by atoms with E-state index in [4.69, 9.17) is 0 Å². The van der Waals surface area contributed by atoms with Crippen molar-refractivity contribution in [2.24, 2.45) is 0 Å². The normalized spacial score (nSPS) is 10.6. The molecule has 0 saturated heterocycles. The van der Waals surface area contributed by atoms with E-state index < -0.39 is 0 Å². The summed E-state index contributed by atoms with van der Waals surface area (Å²) in [6, 6.07) is 5.97. The topological polar surface area (TPSA) is 79.8 Å². The third-order valence-electron chi connectivity index (χ3n) is 3.17. The Hall–Kier alpha value is -2.32. The quantitative estimate of drug-likeness (QED) is 0.706. The van der Waals surface area contributed by atoms with Gasteiger partial charge in [-0.15, -0.1) is 22.7 Å². The Labute approximate surface area is 148 Å². The molecule has 8 heteroatoms. The van der Waals surface area contributed by atoms with Crippen LogP contribution < -0.4 is 10.6 Å². The largest absolute Gasteiger partial charge is 0.350 e. The number of anilines is 2. The first-order valence-corrected chi connectivity index (χ1v) is 9.21. The van der Waals surface area contributed by atoms with E-state index in [2.05, 4.69) is 31.7 Å². The highest BCUT2D eigenvalue weighted by molar-refractivity contribution is 7.14. The van der Waals surface area contributed by atoms with Crippen LogP contribution in [0.25, 0.3) is 0 Å². The molecule has 0 aliphatic heterocycles. The maximum Gasteiger partial charge on any atom is 0.270 e. The SMILES string of the molecule is Cc1cc(C)nc(Nc2nc(C(=O)NCCc3cccs3)cs2)n1. The number of rotatable bonds is 6. The average molecular weight is 359 g/mol. The van der Waals surface area contributed by atoms with Crippen LogP contribution in [-0.2, 0) is 6.42 Å². The highest BCUT2D eigenvalue weighted by atomic mass is 32.1. The molecular weight excluding hydrogens is 342 g/mol. The Morgan fingerprint density at radius 3 is 2.67 bits per heavy atom. The van der Waals surface area contributed by atoms with Gasteiger partial charge in [0.2, 0.25) is 5.95 Å². The standard InChI is InChI=1S/C16H17N5OS2/c1-10-8-11(2)19-15(18-10)21-16-20-13(9-24-16)14(22)17-6-5-12-4-3-7-23-12/h3-4,7-9H,5-6H2,1-2H3,(H,17,22)(H,18,19,20,21). The number of carbonyl (C=O) groups is 1. The molecule has 0 bridgehead atoms. The van der Waals surface area contributed by atoms with E-state index >= 15 is 0 Å². The fraction of sp³-hybridized carbons (Fsp3) is 0.250. The van der Waals surface area contributed by atoms with Gasteiger partial charge in [0.25, 0.3) is 5.91 Å². The number of hydrogen-bond acceptors (Lipinski definition) is 7. The first-order chi connectivity index (χ1) is 11.6. The van der Waals surface area contributed by atoms with E-state index in [1.165, 1.54) is 16.2 Å². The number of nitrogens with one attached hydrogen (secondary N) is 2. The molecule has 0 atom stereocenters. The van der Waals surface area contributed by atoms with E-state index in [0.29, 0.717) is 23.3 Å². The molecule has 1 amide bonds. The molecule has 3 heterocycles. The van der Waals surface area contributed by atoms with Gasteiger partial charge in [-0.25, -0.2) is 15.0 Å². The Morgan fingerprint density at radius 2 is 1.96 bits per heavy atom. The molecule has 0 aliphatic carbocycles. The molecule has 3 aromatic heterocycles. The van der Waals surface area contributed by atoms with Crippen molar-refractivity contribution in [1.29, 1.82) is 0 Å². The van der Waals surface area contributed by atoms with Crippen LogP contribution in [0.3, 0.4) is 0 Å². The predicted molar refractivity (Wildman–Crippen MR) is 97.3 cm³/mol. The van der Waals surface area contributed by atoms with Gasteiger partial charge in [-0.3, -0.25) is 4.79 Å². The molecule has 0 spiro atoms. The van der Waals surface area contributed by atoms with Crippen LogP contribution in [0, 0.1) is 13.8 Å². The van der Waals surface area contributed by atoms with Gasteiger partial charge in [0.05, 0.1) is 0 Å². The lowest BCUT2D eigenvalue weighted by Crippen LogP contribution is -2.25. The second kappa shape index (κ2) is 7.50. The van der Waals surface area contributed by atoms with Gasteiger partial charge in [-0.05, 0) is 37.8 Å². The molecule has 0 unspecified atom stereocenters. The van der Waals surface area contributed by atoms with Gasteiger partial charge >= 0.3 is 0 Å². The average Bonchev–Trinajstić information content (AvgIpc) is 3.17. The maximum absolute atomic E-state index is 12.1. The van der Waals surface area contributed by atoms with Crippen LogP contribution in [0.2, 0.25) is 0 Å². The molecular formula is C16H17N5OS2. The summed E-state index contributed by atoms with van der Waals surface area (Å²) in [5.41, 5.74) is 2.17. The highest BCUT2D eigenvalue weighted by Crippen LogP contribution is 2.19. The third-order valence-corrected chi connectivity index (χ3v) is 4.87. The van der Waals surface area contributed by atoms with E-state index in [9.17, 15) is 4.79 Å². The molecule has 3 rings (SSSR count). The lowest BCUT2D eigenvalue weighted by molar-refractivity contribution is 0.0950. The molecule has 24 heavy (non-hydrogen) atoms. The Balaban J connectivity index is 1.57. The van der Waals surface area contributed by atoms with Crippen LogP contribution in [0.15, 0.2) is 29.0 Å². The minimum atomic E-state index is -0.169. The number of hydrogen-bond donors (Lipinski definition) is 2. The van der Waals surface area contributed by atoms with Gasteiger partial charge < -0.3 is 10.6 Å². The molecule has 3 aromatic rings. The summed E-state index contributed by atoms with van der Waals surface area (Å²) in [5, 5.41) is 10.3. The van der Waals surface area contributed by atoms with Crippen LogP contribution in [0.5, 0.6) is 0 Å². The zero-order chi connectivity index (χ0) is 16.9. The lowest BCUT2D eigenvalue weighted by Gasteiger charge is -2.03. The number of carbonyl (C=O) groups excluding carboxylic acids is 1. The Kier molecular flexibility index (Phi) is 5.17. The van der Waals surface area contributed by atoms with Crippen molar-refractivity contribution in [2.45, 2.75) is 20.3 Å². The summed E-state index contributed by atoms with van der Waals surface area (Å²) in [4.78, 5) is 26.3. The number of nitrogens with zero attached hydrogens (tertiary/aromatic N) is 3. The van der Waals surface area contributed by atoms with E-state index in [1.807, 2.05) is 31.4 Å². The molecule has 124 valence electrons. The van der Waals surface area contributed by atoms with Gasteiger partial charge in [-0.2, -0.15) is 0 Å². The molecule has 6 nitrogen and oxygen atoms in total. The minimum Gasteiger partial charge on any atom is -0.350 e. The zero-order valence-corrected chi connectivity index (χ0v) is 15.0. The first kappa shape index (κ1) is 16.5.